The normalized spacial score (nSPS) is 10.2. The van der Waals surface area contributed by atoms with Crippen molar-refractivity contribution in [3.05, 3.63) is 54.4 Å². The molecule has 0 saturated carbocycles. The van der Waals surface area contributed by atoms with E-state index in [-0.39, 0.29) is 11.8 Å². The Morgan fingerprint density at radius 1 is 1.00 bits per heavy atom. The third kappa shape index (κ3) is 3.19. The maximum Gasteiger partial charge on any atom is 0.313 e. The molecule has 3 aromatic rings. The second-order valence-electron chi connectivity index (χ2n) is 4.80. The van der Waals surface area contributed by atoms with Crippen molar-refractivity contribution in [2.75, 3.05) is 19.5 Å². The predicted molar refractivity (Wildman–Crippen MR) is 87.2 cm³/mol. The van der Waals surface area contributed by atoms with Crippen molar-refractivity contribution in [3.8, 4) is 23.0 Å². The van der Waals surface area contributed by atoms with Gasteiger partial charge in [0, 0.05) is 5.56 Å². The third-order valence-corrected chi connectivity index (χ3v) is 3.31. The summed E-state index contributed by atoms with van der Waals surface area (Å²) >= 11 is 0. The van der Waals surface area contributed by atoms with Gasteiger partial charge < -0.3 is 19.2 Å². The first kappa shape index (κ1) is 15.5. The van der Waals surface area contributed by atoms with E-state index in [2.05, 4.69) is 15.5 Å². The number of benzene rings is 2. The number of nitrogens with zero attached hydrogens (tertiary/aromatic N) is 2. The molecule has 0 spiro atoms. The average Bonchev–Trinajstić information content (AvgIpc) is 3.12. The maximum atomic E-state index is 12.2. The van der Waals surface area contributed by atoms with Gasteiger partial charge in [0.05, 0.1) is 19.9 Å². The van der Waals surface area contributed by atoms with Crippen molar-refractivity contribution in [2.45, 2.75) is 0 Å². The first-order chi connectivity index (χ1) is 11.7. The number of hydrogen-bond acceptors (Lipinski definition) is 6. The number of methoxy groups -OCH3 is 2. The molecule has 0 aliphatic heterocycles. The number of carbonyl (C=O) groups is 1. The Hall–Kier alpha value is -3.35. The lowest BCUT2D eigenvalue weighted by atomic mass is 10.2. The van der Waals surface area contributed by atoms with Gasteiger partial charge in [0.25, 0.3) is 0 Å². The van der Waals surface area contributed by atoms with Crippen LogP contribution in [0.5, 0.6) is 11.5 Å². The number of hydrogen-bond donors (Lipinski definition) is 1. The highest BCUT2D eigenvalue weighted by Crippen LogP contribution is 2.24. The molecule has 0 aliphatic carbocycles. The fraction of sp³-hybridized carbons (Fsp3) is 0.118. The zero-order valence-electron chi connectivity index (χ0n) is 13.1. The topological polar surface area (TPSA) is 86.5 Å². The van der Waals surface area contributed by atoms with Crippen molar-refractivity contribution in [1.29, 1.82) is 0 Å². The Bertz CT molecular complexity index is 843. The molecule has 0 radical (unpaired) electrons. The van der Waals surface area contributed by atoms with Crippen molar-refractivity contribution in [2.24, 2.45) is 0 Å². The van der Waals surface area contributed by atoms with E-state index < -0.39 is 5.91 Å². The van der Waals surface area contributed by atoms with E-state index in [0.29, 0.717) is 22.7 Å². The van der Waals surface area contributed by atoms with Crippen LogP contribution in [-0.2, 0) is 0 Å². The number of carbonyl (C=O) groups excluding carboxylic acids is 1. The first-order valence-corrected chi connectivity index (χ1v) is 7.13. The first-order valence-electron chi connectivity index (χ1n) is 7.13. The zero-order valence-corrected chi connectivity index (χ0v) is 13.1. The van der Waals surface area contributed by atoms with E-state index in [1.165, 1.54) is 7.11 Å². The Balaban J connectivity index is 1.78. The summed E-state index contributed by atoms with van der Waals surface area (Å²) in [6, 6.07) is 14.1. The van der Waals surface area contributed by atoms with E-state index in [4.69, 9.17) is 13.9 Å². The molecule has 3 rings (SSSR count). The number of ether oxygens (including phenoxy) is 2. The number of para-hydroxylation sites is 2. The van der Waals surface area contributed by atoms with Gasteiger partial charge in [-0.3, -0.25) is 4.79 Å². The van der Waals surface area contributed by atoms with Crippen molar-refractivity contribution >= 4 is 11.6 Å². The Labute approximate surface area is 138 Å². The second-order valence-corrected chi connectivity index (χ2v) is 4.80. The van der Waals surface area contributed by atoms with Gasteiger partial charge in [-0.1, -0.05) is 12.1 Å². The summed E-state index contributed by atoms with van der Waals surface area (Å²) < 4.78 is 15.7. The van der Waals surface area contributed by atoms with Gasteiger partial charge in [-0.25, -0.2) is 0 Å². The van der Waals surface area contributed by atoms with E-state index in [9.17, 15) is 4.79 Å². The van der Waals surface area contributed by atoms with Crippen LogP contribution in [0.1, 0.15) is 10.7 Å². The van der Waals surface area contributed by atoms with Gasteiger partial charge in [0.15, 0.2) is 0 Å². The largest absolute Gasteiger partial charge is 0.497 e. The van der Waals surface area contributed by atoms with Crippen LogP contribution < -0.4 is 14.8 Å². The molecule has 0 unspecified atom stereocenters. The molecule has 1 amide bonds. The molecule has 7 nitrogen and oxygen atoms in total. The predicted octanol–water partition coefficient (Wildman–Crippen LogP) is 3.01. The molecular weight excluding hydrogens is 310 g/mol. The molecule has 0 bridgehead atoms. The van der Waals surface area contributed by atoms with Crippen molar-refractivity contribution < 1.29 is 18.7 Å². The lowest BCUT2D eigenvalue weighted by Crippen LogP contribution is -2.13. The second kappa shape index (κ2) is 6.82. The lowest BCUT2D eigenvalue weighted by Gasteiger charge is -2.07. The van der Waals surface area contributed by atoms with Crippen LogP contribution in [-0.4, -0.2) is 30.3 Å². The van der Waals surface area contributed by atoms with Gasteiger partial charge in [-0.2, -0.15) is 0 Å². The summed E-state index contributed by atoms with van der Waals surface area (Å²) in [7, 11) is 3.11. The minimum Gasteiger partial charge on any atom is -0.497 e. The fourth-order valence-corrected chi connectivity index (χ4v) is 2.09. The van der Waals surface area contributed by atoms with Crippen LogP contribution in [0.25, 0.3) is 11.5 Å². The zero-order chi connectivity index (χ0) is 16.9. The quantitative estimate of drug-likeness (QED) is 0.776. The Morgan fingerprint density at radius 2 is 1.75 bits per heavy atom. The highest BCUT2D eigenvalue weighted by molar-refractivity contribution is 6.01. The number of anilines is 1. The molecule has 1 N–H and O–H groups in total. The average molecular weight is 325 g/mol. The summed E-state index contributed by atoms with van der Waals surface area (Å²) in [5.74, 6) is 0.870. The van der Waals surface area contributed by atoms with Crippen LogP contribution in [0.2, 0.25) is 0 Å². The van der Waals surface area contributed by atoms with Gasteiger partial charge in [-0.05, 0) is 36.4 Å². The standard InChI is InChI=1S/C17H15N3O4/c1-22-12-9-7-11(8-10-12)16-19-20-17(24-16)15(21)18-13-5-3-4-6-14(13)23-2/h3-10H,1-2H3,(H,18,21). The summed E-state index contributed by atoms with van der Waals surface area (Å²) in [5, 5.41) is 10.4. The van der Waals surface area contributed by atoms with E-state index in [0.717, 1.165) is 0 Å². The molecule has 0 saturated heterocycles. The van der Waals surface area contributed by atoms with Gasteiger partial charge in [0.2, 0.25) is 5.89 Å². The van der Waals surface area contributed by atoms with Crippen molar-refractivity contribution in [1.82, 2.24) is 10.2 Å². The molecule has 0 fully saturated rings. The van der Waals surface area contributed by atoms with E-state index >= 15 is 0 Å². The SMILES string of the molecule is COc1ccc(-c2nnc(C(=O)Nc3ccccc3OC)o2)cc1. The number of rotatable bonds is 5. The number of nitrogens with one attached hydrogen (secondary N) is 1. The van der Waals surface area contributed by atoms with Crippen LogP contribution in [0, 0.1) is 0 Å². The molecule has 24 heavy (non-hydrogen) atoms. The highest BCUT2D eigenvalue weighted by Gasteiger charge is 2.17. The van der Waals surface area contributed by atoms with Gasteiger partial charge in [-0.15, -0.1) is 10.2 Å². The molecule has 1 aromatic heterocycles. The fourth-order valence-electron chi connectivity index (χ4n) is 2.09. The van der Waals surface area contributed by atoms with Gasteiger partial charge in [0.1, 0.15) is 11.5 Å². The van der Waals surface area contributed by atoms with Crippen LogP contribution in [0.3, 0.4) is 0 Å². The van der Waals surface area contributed by atoms with E-state index in [1.54, 1.807) is 49.6 Å². The monoisotopic (exact) mass is 325 g/mol. The van der Waals surface area contributed by atoms with E-state index in [1.807, 2.05) is 6.07 Å². The molecule has 0 atom stereocenters. The molecule has 1 heterocycles. The number of aromatic nitrogens is 2. The molecular formula is C17H15N3O4. The smallest absolute Gasteiger partial charge is 0.313 e. The number of amides is 1. The van der Waals surface area contributed by atoms with Crippen molar-refractivity contribution in [3.63, 3.8) is 0 Å². The Morgan fingerprint density at radius 3 is 2.46 bits per heavy atom. The molecule has 7 heteroatoms. The summed E-state index contributed by atoms with van der Waals surface area (Å²) in [6.45, 7) is 0. The Kier molecular flexibility index (Phi) is 4.42. The minimum absolute atomic E-state index is 0.133. The minimum atomic E-state index is -0.508. The lowest BCUT2D eigenvalue weighted by molar-refractivity contribution is 0.0990. The van der Waals surface area contributed by atoms with Gasteiger partial charge >= 0.3 is 11.8 Å². The van der Waals surface area contributed by atoms with Crippen LogP contribution >= 0.6 is 0 Å². The summed E-state index contributed by atoms with van der Waals surface area (Å²) in [6.07, 6.45) is 0. The summed E-state index contributed by atoms with van der Waals surface area (Å²) in [5.41, 5.74) is 1.22. The van der Waals surface area contributed by atoms with Crippen LogP contribution in [0.15, 0.2) is 52.9 Å². The highest BCUT2D eigenvalue weighted by atomic mass is 16.5. The molecule has 0 aliphatic rings. The van der Waals surface area contributed by atoms with Crippen LogP contribution in [0.4, 0.5) is 5.69 Å². The third-order valence-electron chi connectivity index (χ3n) is 3.31. The molecule has 122 valence electrons. The molecule has 2 aromatic carbocycles. The summed E-state index contributed by atoms with van der Waals surface area (Å²) in [4.78, 5) is 12.2. The maximum absolute atomic E-state index is 12.2.